The van der Waals surface area contributed by atoms with E-state index < -0.39 is 12.3 Å². The Morgan fingerprint density at radius 1 is 1.22 bits per heavy atom. The molecular weight excluding hydrogens is 242 g/mol. The van der Waals surface area contributed by atoms with Crippen molar-refractivity contribution in [3.8, 4) is 11.5 Å². The van der Waals surface area contributed by atoms with Gasteiger partial charge in [-0.15, -0.1) is 10.2 Å². The molecule has 0 aliphatic heterocycles. The number of carbonyl (C=O) groups is 1. The molecule has 1 aromatic carbocycles. The Hall–Kier alpha value is -2.11. The van der Waals surface area contributed by atoms with E-state index in [1.807, 2.05) is 0 Å². The Labute approximate surface area is 101 Å². The van der Waals surface area contributed by atoms with Gasteiger partial charge in [-0.2, -0.15) is 8.78 Å². The third kappa shape index (κ3) is 1.70. The fourth-order valence-corrected chi connectivity index (χ4v) is 2.01. The summed E-state index contributed by atoms with van der Waals surface area (Å²) >= 11 is 0. The highest BCUT2D eigenvalue weighted by Gasteiger charge is 2.22. The first kappa shape index (κ1) is 11.0. The molecular formula is C12H8F2N2O2. The molecule has 18 heavy (non-hydrogen) atoms. The first-order valence-corrected chi connectivity index (χ1v) is 5.43. The molecule has 0 saturated heterocycles. The van der Waals surface area contributed by atoms with E-state index in [4.69, 9.17) is 4.42 Å². The van der Waals surface area contributed by atoms with Gasteiger partial charge < -0.3 is 4.42 Å². The average molecular weight is 250 g/mol. The summed E-state index contributed by atoms with van der Waals surface area (Å²) in [5, 5.41) is 6.80. The van der Waals surface area contributed by atoms with Crippen LogP contribution in [0.5, 0.6) is 0 Å². The van der Waals surface area contributed by atoms with Crippen LogP contribution in [-0.2, 0) is 6.42 Å². The van der Waals surface area contributed by atoms with Crippen LogP contribution in [0.4, 0.5) is 8.78 Å². The first-order valence-electron chi connectivity index (χ1n) is 5.43. The van der Waals surface area contributed by atoms with E-state index in [0.717, 1.165) is 12.0 Å². The number of fused-ring (bicyclic) bond motifs is 1. The second-order valence-electron chi connectivity index (χ2n) is 4.04. The zero-order valence-electron chi connectivity index (χ0n) is 9.19. The molecule has 1 aliphatic carbocycles. The van der Waals surface area contributed by atoms with Crippen LogP contribution in [0.3, 0.4) is 0 Å². The minimum absolute atomic E-state index is 0.00722. The molecule has 0 bridgehead atoms. The summed E-state index contributed by atoms with van der Waals surface area (Å²) in [5.41, 5.74) is 2.07. The quantitative estimate of drug-likeness (QED) is 0.822. The molecule has 4 nitrogen and oxygen atoms in total. The summed E-state index contributed by atoms with van der Waals surface area (Å²) in [6.07, 6.45) is -1.58. The number of halogens is 2. The summed E-state index contributed by atoms with van der Waals surface area (Å²) in [4.78, 5) is 11.6. The molecule has 0 unspecified atom stereocenters. The normalized spacial score (nSPS) is 14.3. The highest BCUT2D eigenvalue weighted by Crippen LogP contribution is 2.28. The minimum Gasteiger partial charge on any atom is -0.415 e. The van der Waals surface area contributed by atoms with Crippen molar-refractivity contribution < 1.29 is 18.0 Å². The number of nitrogens with zero attached hydrogens (tertiary/aromatic N) is 2. The highest BCUT2D eigenvalue weighted by atomic mass is 19.3. The van der Waals surface area contributed by atoms with E-state index in [9.17, 15) is 13.6 Å². The summed E-state index contributed by atoms with van der Waals surface area (Å²) in [7, 11) is 0. The lowest BCUT2D eigenvalue weighted by Crippen LogP contribution is -1.91. The van der Waals surface area contributed by atoms with E-state index in [2.05, 4.69) is 10.2 Å². The van der Waals surface area contributed by atoms with Gasteiger partial charge in [0.1, 0.15) is 0 Å². The predicted octanol–water partition coefficient (Wildman–Crippen LogP) is 2.80. The molecule has 0 spiro atoms. The fourth-order valence-electron chi connectivity index (χ4n) is 2.01. The van der Waals surface area contributed by atoms with Crippen molar-refractivity contribution in [1.82, 2.24) is 10.2 Å². The summed E-state index contributed by atoms with van der Waals surface area (Å²) < 4.78 is 29.5. The zero-order valence-corrected chi connectivity index (χ0v) is 9.19. The van der Waals surface area contributed by atoms with Crippen LogP contribution in [-0.4, -0.2) is 16.0 Å². The zero-order chi connectivity index (χ0) is 12.7. The van der Waals surface area contributed by atoms with E-state index in [0.29, 0.717) is 17.5 Å². The van der Waals surface area contributed by atoms with Crippen LogP contribution in [0, 0.1) is 0 Å². The second kappa shape index (κ2) is 3.97. The monoisotopic (exact) mass is 250 g/mol. The molecule has 92 valence electrons. The molecule has 1 heterocycles. The SMILES string of the molecule is O=C1CCc2ccc(-c3nnc(C(F)F)o3)cc21. The number of carbonyl (C=O) groups excluding carboxylic acids is 1. The van der Waals surface area contributed by atoms with Gasteiger partial charge in [0.25, 0.3) is 5.89 Å². The molecule has 0 fully saturated rings. The largest absolute Gasteiger partial charge is 0.415 e. The Kier molecular flexibility index (Phi) is 2.43. The maximum Gasteiger partial charge on any atom is 0.314 e. The Bertz CT molecular complexity index is 622. The molecule has 2 aromatic rings. The topological polar surface area (TPSA) is 56.0 Å². The van der Waals surface area contributed by atoms with Gasteiger partial charge >= 0.3 is 6.43 Å². The van der Waals surface area contributed by atoms with Crippen LogP contribution in [0.25, 0.3) is 11.5 Å². The summed E-state index contributed by atoms with van der Waals surface area (Å²) in [6, 6.07) is 5.11. The van der Waals surface area contributed by atoms with Crippen LogP contribution >= 0.6 is 0 Å². The number of alkyl halides is 2. The van der Waals surface area contributed by atoms with E-state index in [1.165, 1.54) is 0 Å². The van der Waals surface area contributed by atoms with Gasteiger partial charge in [-0.3, -0.25) is 4.79 Å². The number of rotatable bonds is 2. The number of hydrogen-bond acceptors (Lipinski definition) is 4. The van der Waals surface area contributed by atoms with E-state index >= 15 is 0 Å². The third-order valence-electron chi connectivity index (χ3n) is 2.91. The molecule has 0 amide bonds. The van der Waals surface area contributed by atoms with Crippen molar-refractivity contribution in [3.05, 3.63) is 35.2 Å². The number of hydrogen-bond donors (Lipinski definition) is 0. The van der Waals surface area contributed by atoms with Crippen LogP contribution in [0.2, 0.25) is 0 Å². The van der Waals surface area contributed by atoms with Crippen molar-refractivity contribution in [2.75, 3.05) is 0 Å². The van der Waals surface area contributed by atoms with Gasteiger partial charge in [0.15, 0.2) is 5.78 Å². The predicted molar refractivity (Wildman–Crippen MR) is 57.3 cm³/mol. The van der Waals surface area contributed by atoms with E-state index in [-0.39, 0.29) is 11.7 Å². The lowest BCUT2D eigenvalue weighted by atomic mass is 10.1. The Morgan fingerprint density at radius 3 is 2.78 bits per heavy atom. The molecule has 0 atom stereocenters. The molecule has 1 aliphatic rings. The first-order chi connectivity index (χ1) is 8.65. The number of aryl methyl sites for hydroxylation is 1. The third-order valence-corrected chi connectivity index (χ3v) is 2.91. The second-order valence-corrected chi connectivity index (χ2v) is 4.04. The maximum atomic E-state index is 12.3. The lowest BCUT2D eigenvalue weighted by Gasteiger charge is -1.99. The van der Waals surface area contributed by atoms with Crippen LogP contribution in [0.15, 0.2) is 22.6 Å². The van der Waals surface area contributed by atoms with Gasteiger partial charge in [-0.25, -0.2) is 0 Å². The molecule has 0 radical (unpaired) electrons. The van der Waals surface area contributed by atoms with Gasteiger partial charge in [-0.05, 0) is 24.1 Å². The van der Waals surface area contributed by atoms with Crippen LogP contribution < -0.4 is 0 Å². The van der Waals surface area contributed by atoms with Crippen molar-refractivity contribution in [3.63, 3.8) is 0 Å². The number of benzene rings is 1. The van der Waals surface area contributed by atoms with Crippen molar-refractivity contribution in [1.29, 1.82) is 0 Å². The highest BCUT2D eigenvalue weighted by molar-refractivity contribution is 6.01. The average Bonchev–Trinajstić information content (AvgIpc) is 2.96. The lowest BCUT2D eigenvalue weighted by molar-refractivity contribution is 0.0994. The van der Waals surface area contributed by atoms with Gasteiger partial charge in [0.05, 0.1) is 0 Å². The fraction of sp³-hybridized carbons (Fsp3) is 0.250. The van der Waals surface area contributed by atoms with Crippen molar-refractivity contribution in [2.24, 2.45) is 0 Å². The molecule has 6 heteroatoms. The molecule has 3 rings (SSSR count). The smallest absolute Gasteiger partial charge is 0.314 e. The van der Waals surface area contributed by atoms with Crippen molar-refractivity contribution >= 4 is 5.78 Å². The molecule has 0 N–H and O–H groups in total. The number of aromatic nitrogens is 2. The maximum absolute atomic E-state index is 12.3. The van der Waals surface area contributed by atoms with Crippen molar-refractivity contribution in [2.45, 2.75) is 19.3 Å². The molecule has 1 aromatic heterocycles. The number of ketones is 1. The van der Waals surface area contributed by atoms with Gasteiger partial charge in [0, 0.05) is 17.5 Å². The molecule has 0 saturated carbocycles. The van der Waals surface area contributed by atoms with Gasteiger partial charge in [0.2, 0.25) is 5.89 Å². The Morgan fingerprint density at radius 2 is 2.06 bits per heavy atom. The van der Waals surface area contributed by atoms with E-state index in [1.54, 1.807) is 18.2 Å². The minimum atomic E-state index is -2.79. The van der Waals surface area contributed by atoms with Gasteiger partial charge in [-0.1, -0.05) is 6.07 Å². The van der Waals surface area contributed by atoms with Crippen LogP contribution in [0.1, 0.15) is 34.7 Å². The number of Topliss-reactive ketones (excluding diaryl/α,β-unsaturated/α-hetero) is 1. The Balaban J connectivity index is 2.02. The summed E-state index contributed by atoms with van der Waals surface area (Å²) in [5.74, 6) is -0.648. The summed E-state index contributed by atoms with van der Waals surface area (Å²) in [6.45, 7) is 0. The standard InChI is InChI=1S/C12H8F2N2O2/c13-10(14)12-16-15-11(18-12)7-2-1-6-3-4-9(17)8(6)5-7/h1-2,5,10H,3-4H2.